The molecule has 5 rings (SSSR count). The van der Waals surface area contributed by atoms with E-state index in [4.69, 9.17) is 10.8 Å². The van der Waals surface area contributed by atoms with E-state index in [1.165, 1.54) is 6.33 Å². The van der Waals surface area contributed by atoms with Gasteiger partial charge in [-0.25, -0.2) is 19.6 Å². The lowest BCUT2D eigenvalue weighted by Gasteiger charge is -2.29. The maximum atomic E-state index is 12.6. The van der Waals surface area contributed by atoms with Crippen molar-refractivity contribution in [2.45, 2.75) is 25.8 Å². The highest BCUT2D eigenvalue weighted by atomic mass is 16.1. The minimum absolute atomic E-state index is 0.223. The number of nitrogens with one attached hydrogen (secondary N) is 1. The summed E-state index contributed by atoms with van der Waals surface area (Å²) >= 11 is 0. The molecule has 0 radical (unpaired) electrons. The Hall–Kier alpha value is -4.62. The molecule has 10 nitrogen and oxygen atoms in total. The van der Waals surface area contributed by atoms with E-state index in [9.17, 15) is 9.59 Å². The Balaban J connectivity index is 0.000000586. The summed E-state index contributed by atoms with van der Waals surface area (Å²) in [4.78, 5) is 36.9. The number of aldehydes is 1. The number of hydrogen-bond acceptors (Lipinski definition) is 8. The second-order valence-corrected chi connectivity index (χ2v) is 8.57. The molecule has 0 aliphatic carbocycles. The summed E-state index contributed by atoms with van der Waals surface area (Å²) in [6, 6.07) is 12.9. The van der Waals surface area contributed by atoms with Crippen LogP contribution >= 0.6 is 0 Å². The van der Waals surface area contributed by atoms with E-state index in [2.05, 4.69) is 44.1 Å². The molecule has 1 aliphatic heterocycles. The number of amides is 1. The van der Waals surface area contributed by atoms with Gasteiger partial charge in [0.2, 0.25) is 0 Å². The number of carbonyl (C=O) groups excluding carboxylic acids is 2. The number of anilines is 2. The minimum Gasteiger partial charge on any atom is -0.383 e. The summed E-state index contributed by atoms with van der Waals surface area (Å²) in [5, 5.41) is 8.45. The van der Waals surface area contributed by atoms with Gasteiger partial charge in [-0.05, 0) is 63.5 Å². The first-order chi connectivity index (χ1) is 18.0. The van der Waals surface area contributed by atoms with Gasteiger partial charge in [-0.1, -0.05) is 24.1 Å². The number of hydrogen-bond donors (Lipinski definition) is 2. The number of carbonyl (C=O) groups is 2. The molecule has 1 atom stereocenters. The molecule has 37 heavy (non-hydrogen) atoms. The largest absolute Gasteiger partial charge is 0.383 e. The van der Waals surface area contributed by atoms with E-state index in [1.807, 2.05) is 22.9 Å². The summed E-state index contributed by atoms with van der Waals surface area (Å²) in [5.41, 5.74) is 9.09. The van der Waals surface area contributed by atoms with Gasteiger partial charge in [0.15, 0.2) is 11.9 Å². The van der Waals surface area contributed by atoms with Crippen LogP contribution in [0, 0.1) is 11.8 Å². The summed E-state index contributed by atoms with van der Waals surface area (Å²) in [5.74, 6) is 5.26. The van der Waals surface area contributed by atoms with E-state index < -0.39 is 0 Å². The maximum absolute atomic E-state index is 12.6. The molecule has 3 N–H and O–H groups in total. The van der Waals surface area contributed by atoms with E-state index in [1.54, 1.807) is 37.4 Å². The van der Waals surface area contributed by atoms with Gasteiger partial charge in [-0.15, -0.1) is 0 Å². The van der Waals surface area contributed by atoms with E-state index >= 15 is 0 Å². The predicted molar refractivity (Wildman–Crippen MR) is 143 cm³/mol. The molecule has 4 aromatic rings. The Kier molecular flexibility index (Phi) is 8.18. The van der Waals surface area contributed by atoms with Gasteiger partial charge in [-0.2, -0.15) is 5.10 Å². The maximum Gasteiger partial charge on any atom is 0.256 e. The van der Waals surface area contributed by atoms with Crippen LogP contribution in [0.5, 0.6) is 0 Å². The van der Waals surface area contributed by atoms with Crippen LogP contribution < -0.4 is 11.1 Å². The van der Waals surface area contributed by atoms with Crippen molar-refractivity contribution in [3.63, 3.8) is 0 Å². The number of likely N-dealkylation sites (N-methyl/N-ethyl adjacent to an activating group) is 1. The number of nitrogens with two attached hydrogens (primary N) is 1. The normalized spacial score (nSPS) is 15.1. The van der Waals surface area contributed by atoms with Gasteiger partial charge in [0.1, 0.15) is 23.7 Å². The molecule has 4 heterocycles. The van der Waals surface area contributed by atoms with Gasteiger partial charge in [0.25, 0.3) is 5.91 Å². The molecule has 1 aromatic carbocycles. The van der Waals surface area contributed by atoms with Crippen molar-refractivity contribution in [2.75, 3.05) is 31.2 Å². The van der Waals surface area contributed by atoms with Gasteiger partial charge in [-0.3, -0.25) is 9.59 Å². The molecule has 1 saturated heterocycles. The number of pyridine rings is 1. The van der Waals surface area contributed by atoms with Gasteiger partial charge in [0.05, 0.1) is 11.4 Å². The third kappa shape index (κ3) is 5.97. The van der Waals surface area contributed by atoms with Crippen LogP contribution in [0.25, 0.3) is 22.3 Å². The number of piperidine rings is 1. The zero-order valence-electron chi connectivity index (χ0n) is 20.8. The van der Waals surface area contributed by atoms with Crippen molar-refractivity contribution in [3.05, 3.63) is 60.6 Å². The van der Waals surface area contributed by atoms with Crippen LogP contribution in [0.15, 0.2) is 55.0 Å². The average Bonchev–Trinajstić information content (AvgIpc) is 3.31. The fourth-order valence-corrected chi connectivity index (χ4v) is 4.25. The molecule has 0 bridgehead atoms. The Bertz CT molecular complexity index is 1440. The SMILES string of the molecule is CC#CC=O.CN1CCCC(n2nc(-c3ccc(C(=O)Nc4ccccn4)cc3)c3c(N)ncnc32)C1. The van der Waals surface area contributed by atoms with Crippen molar-refractivity contribution >= 4 is 34.9 Å². The van der Waals surface area contributed by atoms with Crippen molar-refractivity contribution in [2.24, 2.45) is 0 Å². The Labute approximate surface area is 214 Å². The zero-order chi connectivity index (χ0) is 26.2. The molecule has 188 valence electrons. The average molecular weight is 497 g/mol. The van der Waals surface area contributed by atoms with E-state index in [0.717, 1.165) is 48.2 Å². The van der Waals surface area contributed by atoms with Gasteiger partial charge < -0.3 is 16.0 Å². The van der Waals surface area contributed by atoms with Crippen molar-refractivity contribution in [3.8, 4) is 23.1 Å². The molecular formula is C27H28N8O2. The first kappa shape index (κ1) is 25.5. The second kappa shape index (κ2) is 11.9. The highest BCUT2D eigenvalue weighted by molar-refractivity contribution is 6.04. The summed E-state index contributed by atoms with van der Waals surface area (Å²) in [7, 11) is 2.12. The first-order valence-electron chi connectivity index (χ1n) is 11.9. The van der Waals surface area contributed by atoms with Gasteiger partial charge >= 0.3 is 0 Å². The van der Waals surface area contributed by atoms with Crippen LogP contribution in [-0.4, -0.2) is 62.0 Å². The topological polar surface area (TPSA) is 132 Å². The minimum atomic E-state index is -0.223. The fourth-order valence-electron chi connectivity index (χ4n) is 4.25. The van der Waals surface area contributed by atoms with E-state index in [-0.39, 0.29) is 11.9 Å². The fraction of sp³-hybridized carbons (Fsp3) is 0.259. The smallest absolute Gasteiger partial charge is 0.256 e. The monoisotopic (exact) mass is 496 g/mol. The molecule has 10 heteroatoms. The van der Waals surface area contributed by atoms with Crippen LogP contribution in [0.4, 0.5) is 11.6 Å². The third-order valence-electron chi connectivity index (χ3n) is 5.99. The van der Waals surface area contributed by atoms with Crippen LogP contribution in [0.2, 0.25) is 0 Å². The zero-order valence-corrected chi connectivity index (χ0v) is 20.8. The predicted octanol–water partition coefficient (Wildman–Crippen LogP) is 3.20. The standard InChI is InChI=1S/C23H24N8O.C4H4O/c1-30-12-4-5-17(13-30)31-22-19(21(24)26-14-27-22)20(29-31)15-7-9-16(10-8-15)23(32)28-18-6-2-3-11-25-18;1-2-3-4-5/h2-3,6-11,14,17H,4-5,12-13H2,1H3,(H2,24,26,27)(H,25,28,32);4H,1H3. The number of fused-ring (bicyclic) bond motifs is 1. The summed E-state index contributed by atoms with van der Waals surface area (Å²) in [6.07, 6.45) is 5.84. The lowest BCUT2D eigenvalue weighted by Crippen LogP contribution is -2.34. The lowest BCUT2D eigenvalue weighted by atomic mass is 10.1. The Morgan fingerprint density at radius 1 is 1.16 bits per heavy atom. The van der Waals surface area contributed by atoms with E-state index in [0.29, 0.717) is 23.5 Å². The Morgan fingerprint density at radius 3 is 2.62 bits per heavy atom. The quantitative estimate of drug-likeness (QED) is 0.325. The van der Waals surface area contributed by atoms with Crippen molar-refractivity contribution < 1.29 is 9.59 Å². The molecule has 1 unspecified atom stereocenters. The number of nitrogens with zero attached hydrogens (tertiary/aromatic N) is 6. The molecule has 1 amide bonds. The summed E-state index contributed by atoms with van der Waals surface area (Å²) in [6.45, 7) is 3.61. The third-order valence-corrected chi connectivity index (χ3v) is 5.99. The molecule has 3 aromatic heterocycles. The van der Waals surface area contributed by atoms with Crippen molar-refractivity contribution in [1.29, 1.82) is 0 Å². The van der Waals surface area contributed by atoms with Crippen molar-refractivity contribution in [1.82, 2.24) is 29.6 Å². The first-order valence-corrected chi connectivity index (χ1v) is 11.9. The number of benzene rings is 1. The lowest BCUT2D eigenvalue weighted by molar-refractivity contribution is -0.103. The number of nitrogen functional groups attached to an aromatic ring is 1. The highest BCUT2D eigenvalue weighted by Gasteiger charge is 2.25. The van der Waals surface area contributed by atoms with Crippen LogP contribution in [0.1, 0.15) is 36.2 Å². The molecule has 1 fully saturated rings. The van der Waals surface area contributed by atoms with Gasteiger partial charge in [0, 0.05) is 23.9 Å². The Morgan fingerprint density at radius 2 is 1.97 bits per heavy atom. The highest BCUT2D eigenvalue weighted by Crippen LogP contribution is 2.33. The number of rotatable bonds is 4. The molecule has 0 spiro atoms. The number of likely N-dealkylation sites (tertiary alicyclic amines) is 1. The number of aromatic nitrogens is 5. The molecule has 0 saturated carbocycles. The van der Waals surface area contributed by atoms with Crippen LogP contribution in [0.3, 0.4) is 0 Å². The summed E-state index contributed by atoms with van der Waals surface area (Å²) < 4.78 is 1.99. The molecular weight excluding hydrogens is 468 g/mol. The molecule has 1 aliphatic rings. The second-order valence-electron chi connectivity index (χ2n) is 8.57. The van der Waals surface area contributed by atoms with Crippen LogP contribution in [-0.2, 0) is 4.79 Å².